The predicted molar refractivity (Wildman–Crippen MR) is 168 cm³/mol. The molecule has 1 heterocycles. The number of amides is 1. The fourth-order valence-electron chi connectivity index (χ4n) is 5.26. The summed E-state index contributed by atoms with van der Waals surface area (Å²) in [6, 6.07) is 9.72. The number of benzene rings is 1. The molecular formula is C31H54N2O4Si2. The van der Waals surface area contributed by atoms with Gasteiger partial charge in [0.25, 0.3) is 8.32 Å². The molecule has 0 spiro atoms. The SMILES string of the molecule is CC(C)[C@@H](C=N/C(=C/N1C(=O)OC[C@@H]1c1ccccc1)O[Si](C)(C)C(C)(C)C)O[Si](C(C)C)(C(C)C)C(C)C. The second-order valence-corrected chi connectivity index (χ2v) is 23.8. The van der Waals surface area contributed by atoms with E-state index < -0.39 is 22.7 Å². The van der Waals surface area contributed by atoms with E-state index in [1.165, 1.54) is 0 Å². The Balaban J connectivity index is 2.55. The first kappa shape index (κ1) is 33.3. The van der Waals surface area contributed by atoms with Gasteiger partial charge in [-0.2, -0.15) is 0 Å². The van der Waals surface area contributed by atoms with Crippen LogP contribution in [0.15, 0.2) is 47.4 Å². The largest absolute Gasteiger partial charge is 0.530 e. The summed E-state index contributed by atoms with van der Waals surface area (Å²) < 4.78 is 19.3. The van der Waals surface area contributed by atoms with Gasteiger partial charge < -0.3 is 13.6 Å². The molecule has 2 rings (SSSR count). The van der Waals surface area contributed by atoms with Gasteiger partial charge in [0.05, 0.1) is 18.3 Å². The van der Waals surface area contributed by atoms with Crippen molar-refractivity contribution in [2.75, 3.05) is 6.61 Å². The zero-order chi connectivity index (χ0) is 29.8. The number of cyclic esters (lactones) is 1. The van der Waals surface area contributed by atoms with Crippen LogP contribution in [-0.2, 0) is 13.6 Å². The minimum absolute atomic E-state index is 0.0328. The lowest BCUT2D eigenvalue weighted by Gasteiger charge is -2.44. The molecule has 0 saturated carbocycles. The van der Waals surface area contributed by atoms with Crippen molar-refractivity contribution in [3.05, 3.63) is 48.0 Å². The molecule has 8 heteroatoms. The number of ether oxygens (including phenoxy) is 1. The van der Waals surface area contributed by atoms with Crippen molar-refractivity contribution in [2.45, 2.75) is 123 Å². The molecule has 220 valence electrons. The molecule has 1 amide bonds. The smallest absolute Gasteiger partial charge is 0.414 e. The van der Waals surface area contributed by atoms with Crippen LogP contribution in [0, 0.1) is 5.92 Å². The second-order valence-electron chi connectivity index (χ2n) is 13.7. The highest BCUT2D eigenvalue weighted by Gasteiger charge is 2.47. The lowest BCUT2D eigenvalue weighted by Crippen LogP contribution is -2.51. The topological polar surface area (TPSA) is 60.4 Å². The Morgan fingerprint density at radius 1 is 1.00 bits per heavy atom. The number of nitrogens with zero attached hydrogens (tertiary/aromatic N) is 2. The van der Waals surface area contributed by atoms with E-state index in [1.807, 2.05) is 36.5 Å². The van der Waals surface area contributed by atoms with Gasteiger partial charge in [0.15, 0.2) is 0 Å². The molecule has 0 radical (unpaired) electrons. The summed E-state index contributed by atoms with van der Waals surface area (Å²) in [5.74, 6) is 0.668. The predicted octanol–water partition coefficient (Wildman–Crippen LogP) is 9.29. The summed E-state index contributed by atoms with van der Waals surface area (Å²) >= 11 is 0. The highest BCUT2D eigenvalue weighted by Crippen LogP contribution is 2.44. The van der Waals surface area contributed by atoms with Crippen LogP contribution in [0.1, 0.15) is 87.8 Å². The average Bonchev–Trinajstić information content (AvgIpc) is 3.17. The third-order valence-electron chi connectivity index (χ3n) is 8.56. The number of carbonyl (C=O) groups is 1. The molecule has 1 aromatic carbocycles. The molecule has 1 fully saturated rings. The maximum absolute atomic E-state index is 12.9. The molecule has 1 aliphatic heterocycles. The van der Waals surface area contributed by atoms with Crippen LogP contribution in [0.2, 0.25) is 34.8 Å². The molecule has 1 aliphatic rings. The van der Waals surface area contributed by atoms with Crippen molar-refractivity contribution in [1.82, 2.24) is 4.90 Å². The van der Waals surface area contributed by atoms with Gasteiger partial charge in [-0.15, -0.1) is 0 Å². The van der Waals surface area contributed by atoms with E-state index in [2.05, 4.69) is 89.3 Å². The Morgan fingerprint density at radius 3 is 2.00 bits per heavy atom. The van der Waals surface area contributed by atoms with Crippen LogP contribution in [0.3, 0.4) is 0 Å². The van der Waals surface area contributed by atoms with Crippen LogP contribution in [0.25, 0.3) is 0 Å². The quantitative estimate of drug-likeness (QED) is 0.142. The highest BCUT2D eigenvalue weighted by molar-refractivity contribution is 6.77. The Morgan fingerprint density at radius 2 is 1.54 bits per heavy atom. The Kier molecular flexibility index (Phi) is 11.2. The zero-order valence-corrected chi connectivity index (χ0v) is 28.7. The van der Waals surface area contributed by atoms with Gasteiger partial charge in [-0.05, 0) is 46.2 Å². The monoisotopic (exact) mass is 574 g/mol. The minimum atomic E-state index is -2.26. The molecule has 6 nitrogen and oxygen atoms in total. The lowest BCUT2D eigenvalue weighted by molar-refractivity contribution is 0.165. The zero-order valence-electron chi connectivity index (χ0n) is 26.7. The van der Waals surface area contributed by atoms with Gasteiger partial charge >= 0.3 is 6.09 Å². The van der Waals surface area contributed by atoms with Gasteiger partial charge in [-0.1, -0.05) is 106 Å². The summed E-state index contributed by atoms with van der Waals surface area (Å²) in [5, 5.41) is -0.0328. The summed E-state index contributed by atoms with van der Waals surface area (Å²) in [7, 11) is -4.39. The Hall–Kier alpha value is -1.91. The number of aliphatic imine (C=N–C) groups is 1. The highest BCUT2D eigenvalue weighted by atomic mass is 28.4. The number of hydrogen-bond donors (Lipinski definition) is 0. The molecule has 1 saturated heterocycles. The number of rotatable bonds is 12. The minimum Gasteiger partial charge on any atom is -0.530 e. The van der Waals surface area contributed by atoms with E-state index in [9.17, 15) is 4.79 Å². The maximum atomic E-state index is 12.9. The molecule has 39 heavy (non-hydrogen) atoms. The maximum Gasteiger partial charge on any atom is 0.414 e. The lowest BCUT2D eigenvalue weighted by atomic mass is 10.1. The van der Waals surface area contributed by atoms with Crippen molar-refractivity contribution in [3.8, 4) is 0 Å². The van der Waals surface area contributed by atoms with E-state index in [0.717, 1.165) is 5.56 Å². The molecule has 0 aliphatic carbocycles. The first-order valence-corrected chi connectivity index (χ1v) is 19.6. The van der Waals surface area contributed by atoms with Crippen LogP contribution in [-0.4, -0.2) is 46.6 Å². The summed E-state index contributed by atoms with van der Waals surface area (Å²) in [4.78, 5) is 19.4. The molecule has 0 aromatic heterocycles. The van der Waals surface area contributed by atoms with Crippen LogP contribution in [0.4, 0.5) is 4.79 Å². The van der Waals surface area contributed by atoms with Gasteiger partial charge in [0.2, 0.25) is 14.2 Å². The van der Waals surface area contributed by atoms with Gasteiger partial charge in [0, 0.05) is 6.21 Å². The van der Waals surface area contributed by atoms with Gasteiger partial charge in [-0.25, -0.2) is 9.79 Å². The van der Waals surface area contributed by atoms with Crippen molar-refractivity contribution in [2.24, 2.45) is 10.9 Å². The van der Waals surface area contributed by atoms with E-state index in [0.29, 0.717) is 29.1 Å². The molecule has 0 N–H and O–H groups in total. The average molecular weight is 575 g/mol. The Labute approximate surface area is 240 Å². The molecular weight excluding hydrogens is 521 g/mol. The van der Waals surface area contributed by atoms with Crippen LogP contribution >= 0.6 is 0 Å². The van der Waals surface area contributed by atoms with Gasteiger partial charge in [-0.3, -0.25) is 4.90 Å². The summed E-state index contributed by atoms with van der Waals surface area (Å²) in [6.07, 6.45) is 3.10. The third kappa shape index (κ3) is 7.85. The van der Waals surface area contributed by atoms with Crippen molar-refractivity contribution < 1.29 is 18.4 Å². The van der Waals surface area contributed by atoms with E-state index in [1.54, 1.807) is 11.1 Å². The molecule has 0 unspecified atom stereocenters. The van der Waals surface area contributed by atoms with Crippen LogP contribution in [0.5, 0.6) is 0 Å². The Bertz CT molecular complexity index is 976. The first-order chi connectivity index (χ1) is 17.9. The summed E-state index contributed by atoms with van der Waals surface area (Å²) in [6.45, 7) is 29.4. The van der Waals surface area contributed by atoms with Crippen LogP contribution < -0.4 is 0 Å². The first-order valence-electron chi connectivity index (χ1n) is 14.6. The van der Waals surface area contributed by atoms with E-state index in [-0.39, 0.29) is 23.1 Å². The molecule has 0 bridgehead atoms. The number of carbonyl (C=O) groups excluding carboxylic acids is 1. The normalized spacial score (nSPS) is 18.7. The standard InChI is InChI=1S/C31H54N2O4Si2/c1-22(2)28(36-39(23(3)4,24(5)6)25(7)8)19-32-29(37-38(12,13)31(9,10)11)20-33-27(21-35-30(33)34)26-17-15-14-16-18-26/h14-20,22-25,27-28H,21H2,1-13H3/b29-20-,32-19?/t27-,28-/m1/s1. The van der Waals surface area contributed by atoms with Crippen molar-refractivity contribution in [3.63, 3.8) is 0 Å². The number of hydrogen-bond acceptors (Lipinski definition) is 5. The fraction of sp³-hybridized carbons (Fsp3) is 0.677. The van der Waals surface area contributed by atoms with E-state index >= 15 is 0 Å². The molecule has 1 aromatic rings. The van der Waals surface area contributed by atoms with Crippen molar-refractivity contribution >= 4 is 28.9 Å². The van der Waals surface area contributed by atoms with Crippen molar-refractivity contribution in [1.29, 1.82) is 0 Å². The summed E-state index contributed by atoms with van der Waals surface area (Å²) in [5.41, 5.74) is 2.42. The van der Waals surface area contributed by atoms with E-state index in [4.69, 9.17) is 18.6 Å². The third-order valence-corrected chi connectivity index (χ3v) is 19.0. The fourth-order valence-corrected chi connectivity index (χ4v) is 11.8. The van der Waals surface area contributed by atoms with Gasteiger partial charge in [0.1, 0.15) is 6.61 Å². The molecule has 2 atom stereocenters. The second kappa shape index (κ2) is 13.2.